The quantitative estimate of drug-likeness (QED) is 0.779. The maximum Gasteiger partial charge on any atom is 0.228 e. The Hall–Kier alpha value is -2.63. The van der Waals surface area contributed by atoms with Crippen LogP contribution in [0.15, 0.2) is 41.3 Å². The minimum atomic E-state index is 0.570. The first-order chi connectivity index (χ1) is 10.2. The molecule has 0 fully saturated rings. The second-order valence-corrected chi connectivity index (χ2v) is 4.89. The molecule has 0 aliphatic carbocycles. The van der Waals surface area contributed by atoms with Gasteiger partial charge in [0.1, 0.15) is 5.69 Å². The van der Waals surface area contributed by atoms with Crippen LogP contribution in [0.5, 0.6) is 0 Å². The van der Waals surface area contributed by atoms with Crippen LogP contribution in [0.1, 0.15) is 11.5 Å². The molecule has 0 atom stereocenters. The fraction of sp³-hybridized carbons (Fsp3) is 0.267. The SMILES string of the molecule is Cc1ccccc1NCCc1nc(-c2cncn2C)no1. The van der Waals surface area contributed by atoms with Crippen LogP contribution in [0.25, 0.3) is 11.5 Å². The van der Waals surface area contributed by atoms with Gasteiger partial charge in [0.15, 0.2) is 0 Å². The molecule has 2 heterocycles. The van der Waals surface area contributed by atoms with E-state index in [9.17, 15) is 0 Å². The first-order valence-corrected chi connectivity index (χ1v) is 6.83. The molecule has 0 saturated carbocycles. The normalized spacial score (nSPS) is 10.8. The fourth-order valence-corrected chi connectivity index (χ4v) is 2.11. The molecule has 0 aliphatic heterocycles. The third kappa shape index (κ3) is 2.94. The summed E-state index contributed by atoms with van der Waals surface area (Å²) in [6, 6.07) is 8.18. The van der Waals surface area contributed by atoms with Gasteiger partial charge in [-0.25, -0.2) is 4.98 Å². The van der Waals surface area contributed by atoms with E-state index in [1.54, 1.807) is 12.5 Å². The molecule has 0 bridgehead atoms. The molecule has 0 radical (unpaired) electrons. The summed E-state index contributed by atoms with van der Waals surface area (Å²) in [6.07, 6.45) is 4.12. The largest absolute Gasteiger partial charge is 0.384 e. The van der Waals surface area contributed by atoms with Crippen molar-refractivity contribution in [3.8, 4) is 11.5 Å². The van der Waals surface area contributed by atoms with Crippen LogP contribution in [-0.2, 0) is 13.5 Å². The predicted octanol–water partition coefficient (Wildman–Crippen LogP) is 2.43. The van der Waals surface area contributed by atoms with E-state index in [0.29, 0.717) is 18.1 Å². The number of hydrogen-bond acceptors (Lipinski definition) is 5. The van der Waals surface area contributed by atoms with Crippen LogP contribution in [0, 0.1) is 6.92 Å². The summed E-state index contributed by atoms with van der Waals surface area (Å²) in [5, 5.41) is 7.36. The van der Waals surface area contributed by atoms with E-state index in [2.05, 4.69) is 39.5 Å². The number of hydrogen-bond donors (Lipinski definition) is 1. The van der Waals surface area contributed by atoms with Gasteiger partial charge in [-0.05, 0) is 18.6 Å². The van der Waals surface area contributed by atoms with Crippen molar-refractivity contribution >= 4 is 5.69 Å². The second-order valence-electron chi connectivity index (χ2n) is 4.89. The smallest absolute Gasteiger partial charge is 0.228 e. The Bertz CT molecular complexity index is 731. The number of aromatic nitrogens is 4. The molecule has 6 heteroatoms. The predicted molar refractivity (Wildman–Crippen MR) is 79.9 cm³/mol. The number of para-hydroxylation sites is 1. The summed E-state index contributed by atoms with van der Waals surface area (Å²) in [6.45, 7) is 2.83. The summed E-state index contributed by atoms with van der Waals surface area (Å²) in [5.41, 5.74) is 3.19. The van der Waals surface area contributed by atoms with Gasteiger partial charge in [-0.3, -0.25) is 0 Å². The lowest BCUT2D eigenvalue weighted by Crippen LogP contribution is -2.06. The molecule has 2 aromatic heterocycles. The standard InChI is InChI=1S/C15H17N5O/c1-11-5-3-4-6-12(11)17-8-7-14-18-15(19-21-14)13-9-16-10-20(13)2/h3-6,9-10,17H,7-8H2,1-2H3. The molecule has 3 rings (SSSR count). The molecule has 6 nitrogen and oxygen atoms in total. The van der Waals surface area contributed by atoms with Gasteiger partial charge in [-0.1, -0.05) is 23.4 Å². The van der Waals surface area contributed by atoms with E-state index in [4.69, 9.17) is 4.52 Å². The van der Waals surface area contributed by atoms with Gasteiger partial charge >= 0.3 is 0 Å². The van der Waals surface area contributed by atoms with Gasteiger partial charge in [0.05, 0.1) is 12.5 Å². The zero-order valence-electron chi connectivity index (χ0n) is 12.1. The molecule has 0 spiro atoms. The molecule has 1 N–H and O–H groups in total. The highest BCUT2D eigenvalue weighted by Crippen LogP contribution is 2.15. The summed E-state index contributed by atoms with van der Waals surface area (Å²) in [5.74, 6) is 1.19. The summed E-state index contributed by atoms with van der Waals surface area (Å²) >= 11 is 0. The zero-order chi connectivity index (χ0) is 14.7. The Labute approximate surface area is 122 Å². The number of benzene rings is 1. The minimum absolute atomic E-state index is 0.570. The lowest BCUT2D eigenvalue weighted by Gasteiger charge is -2.07. The first kappa shape index (κ1) is 13.4. The molecule has 3 aromatic rings. The van der Waals surface area contributed by atoms with Crippen molar-refractivity contribution in [3.05, 3.63) is 48.2 Å². The van der Waals surface area contributed by atoms with Crippen molar-refractivity contribution in [1.82, 2.24) is 19.7 Å². The third-order valence-corrected chi connectivity index (χ3v) is 3.31. The topological polar surface area (TPSA) is 68.8 Å². The minimum Gasteiger partial charge on any atom is -0.384 e. The summed E-state index contributed by atoms with van der Waals surface area (Å²) < 4.78 is 7.13. The maximum atomic E-state index is 5.27. The number of rotatable bonds is 5. The molecule has 0 unspecified atom stereocenters. The number of anilines is 1. The maximum absolute atomic E-state index is 5.27. The molecule has 1 aromatic carbocycles. The zero-order valence-corrected chi connectivity index (χ0v) is 12.1. The Balaban J connectivity index is 1.61. The Kier molecular flexibility index (Phi) is 3.68. The lowest BCUT2D eigenvalue weighted by molar-refractivity contribution is 0.381. The lowest BCUT2D eigenvalue weighted by atomic mass is 10.2. The average Bonchev–Trinajstić information content (AvgIpc) is 3.10. The monoisotopic (exact) mass is 283 g/mol. The third-order valence-electron chi connectivity index (χ3n) is 3.31. The Morgan fingerprint density at radius 3 is 2.90 bits per heavy atom. The highest BCUT2D eigenvalue weighted by molar-refractivity contribution is 5.50. The van der Waals surface area contributed by atoms with E-state index in [1.165, 1.54) is 5.56 Å². The molecule has 0 aliphatic rings. The Morgan fingerprint density at radius 2 is 2.14 bits per heavy atom. The summed E-state index contributed by atoms with van der Waals surface area (Å²) in [7, 11) is 1.90. The van der Waals surface area contributed by atoms with E-state index >= 15 is 0 Å². The van der Waals surface area contributed by atoms with Gasteiger partial charge < -0.3 is 14.4 Å². The number of imidazole rings is 1. The van der Waals surface area contributed by atoms with Crippen LogP contribution in [-0.4, -0.2) is 26.2 Å². The van der Waals surface area contributed by atoms with Crippen molar-refractivity contribution in [3.63, 3.8) is 0 Å². The molecule has 108 valence electrons. The summed E-state index contributed by atoms with van der Waals surface area (Å²) in [4.78, 5) is 8.44. The van der Waals surface area contributed by atoms with Gasteiger partial charge in [0, 0.05) is 25.7 Å². The average molecular weight is 283 g/mol. The molecular formula is C15H17N5O. The highest BCUT2D eigenvalue weighted by Gasteiger charge is 2.11. The van der Waals surface area contributed by atoms with Crippen LogP contribution in [0.4, 0.5) is 5.69 Å². The van der Waals surface area contributed by atoms with E-state index in [1.807, 2.05) is 23.7 Å². The number of nitrogens with zero attached hydrogens (tertiary/aromatic N) is 4. The fourth-order valence-electron chi connectivity index (χ4n) is 2.11. The van der Waals surface area contributed by atoms with Crippen LogP contribution >= 0.6 is 0 Å². The second kappa shape index (κ2) is 5.78. The van der Waals surface area contributed by atoms with Gasteiger partial charge in [-0.15, -0.1) is 0 Å². The van der Waals surface area contributed by atoms with Crippen molar-refractivity contribution in [2.24, 2.45) is 7.05 Å². The van der Waals surface area contributed by atoms with E-state index < -0.39 is 0 Å². The van der Waals surface area contributed by atoms with Gasteiger partial charge in [0.25, 0.3) is 0 Å². The van der Waals surface area contributed by atoms with Gasteiger partial charge in [0.2, 0.25) is 11.7 Å². The van der Waals surface area contributed by atoms with Crippen LogP contribution < -0.4 is 5.32 Å². The van der Waals surface area contributed by atoms with Crippen LogP contribution in [0.2, 0.25) is 0 Å². The molecule has 0 amide bonds. The van der Waals surface area contributed by atoms with Crippen LogP contribution in [0.3, 0.4) is 0 Å². The molecular weight excluding hydrogens is 266 g/mol. The molecule has 0 saturated heterocycles. The number of nitrogens with one attached hydrogen (secondary N) is 1. The van der Waals surface area contributed by atoms with Crippen molar-refractivity contribution in [2.75, 3.05) is 11.9 Å². The number of aryl methyl sites for hydroxylation is 2. The van der Waals surface area contributed by atoms with Crippen molar-refractivity contribution in [2.45, 2.75) is 13.3 Å². The van der Waals surface area contributed by atoms with E-state index in [-0.39, 0.29) is 0 Å². The highest BCUT2D eigenvalue weighted by atomic mass is 16.5. The van der Waals surface area contributed by atoms with E-state index in [0.717, 1.165) is 17.9 Å². The first-order valence-electron chi connectivity index (χ1n) is 6.83. The Morgan fingerprint density at radius 1 is 1.29 bits per heavy atom. The van der Waals surface area contributed by atoms with Crippen molar-refractivity contribution in [1.29, 1.82) is 0 Å². The molecule has 21 heavy (non-hydrogen) atoms. The van der Waals surface area contributed by atoms with Gasteiger partial charge in [-0.2, -0.15) is 4.98 Å². The van der Waals surface area contributed by atoms with Crippen molar-refractivity contribution < 1.29 is 4.52 Å².